The quantitative estimate of drug-likeness (QED) is 0.270. The van der Waals surface area contributed by atoms with Crippen molar-refractivity contribution in [3.8, 4) is 5.69 Å². The number of aryl methyl sites for hydroxylation is 2. The second kappa shape index (κ2) is 11.5. The molecule has 41 heavy (non-hydrogen) atoms. The number of carbonyl (C=O) groups excluding carboxylic acids is 1. The van der Waals surface area contributed by atoms with Crippen LogP contribution < -0.4 is 4.90 Å². The molecule has 8 heteroatoms. The molecule has 1 fully saturated rings. The van der Waals surface area contributed by atoms with E-state index in [4.69, 9.17) is 15.1 Å². The highest BCUT2D eigenvalue weighted by atomic mass is 19.1. The Morgan fingerprint density at radius 1 is 0.854 bits per heavy atom. The van der Waals surface area contributed by atoms with Gasteiger partial charge < -0.3 is 9.80 Å². The van der Waals surface area contributed by atoms with Crippen LogP contribution in [0.5, 0.6) is 0 Å². The number of aromatic nitrogens is 4. The summed E-state index contributed by atoms with van der Waals surface area (Å²) in [6, 6.07) is 24.4. The van der Waals surface area contributed by atoms with Gasteiger partial charge in [0.05, 0.1) is 16.8 Å². The zero-order valence-electron chi connectivity index (χ0n) is 23.4. The highest BCUT2D eigenvalue weighted by Crippen LogP contribution is 2.30. The first-order chi connectivity index (χ1) is 20.0. The molecule has 1 amide bonds. The molecule has 0 spiro atoms. The number of hydrogen-bond donors (Lipinski definition) is 0. The number of carbonyl (C=O) groups is 1. The van der Waals surface area contributed by atoms with Crippen LogP contribution in [0.3, 0.4) is 0 Å². The number of fused-ring (bicyclic) bond motifs is 1. The maximum Gasteiger partial charge on any atom is 0.253 e. The number of hydrogen-bond acceptors (Lipinski definition) is 5. The second-order valence-electron chi connectivity index (χ2n) is 10.5. The van der Waals surface area contributed by atoms with Crippen LogP contribution in [0.1, 0.15) is 46.3 Å². The van der Waals surface area contributed by atoms with Gasteiger partial charge in [0.25, 0.3) is 5.91 Å². The summed E-state index contributed by atoms with van der Waals surface area (Å²) in [7, 11) is 0. The lowest BCUT2D eigenvalue weighted by Crippen LogP contribution is -2.35. The number of rotatable bonds is 6. The van der Waals surface area contributed by atoms with E-state index in [2.05, 4.69) is 24.0 Å². The van der Waals surface area contributed by atoms with Crippen molar-refractivity contribution in [3.05, 3.63) is 113 Å². The van der Waals surface area contributed by atoms with E-state index < -0.39 is 0 Å². The Bertz CT molecular complexity index is 1660. The van der Waals surface area contributed by atoms with Gasteiger partial charge in [-0.15, -0.1) is 0 Å². The number of amides is 1. The van der Waals surface area contributed by atoms with Crippen molar-refractivity contribution < 1.29 is 9.18 Å². The molecule has 3 aromatic carbocycles. The predicted molar refractivity (Wildman–Crippen MR) is 159 cm³/mol. The van der Waals surface area contributed by atoms with Gasteiger partial charge in [0.1, 0.15) is 17.5 Å². The van der Waals surface area contributed by atoms with E-state index in [0.717, 1.165) is 53.1 Å². The lowest BCUT2D eigenvalue weighted by atomic mass is 10.1. The Morgan fingerprint density at radius 2 is 1.61 bits per heavy atom. The molecule has 6 rings (SSSR count). The summed E-state index contributed by atoms with van der Waals surface area (Å²) in [5.74, 6) is 1.28. The minimum Gasteiger partial charge on any atom is -0.354 e. The van der Waals surface area contributed by atoms with Crippen molar-refractivity contribution in [1.29, 1.82) is 0 Å². The number of halogens is 1. The fraction of sp³-hybridized carbons (Fsp3) is 0.273. The van der Waals surface area contributed by atoms with Gasteiger partial charge in [-0.25, -0.2) is 19.0 Å². The maximum absolute atomic E-state index is 13.7. The molecule has 5 aromatic rings. The Kier molecular flexibility index (Phi) is 7.46. The molecule has 0 aliphatic carbocycles. The highest BCUT2D eigenvalue weighted by molar-refractivity contribution is 5.94. The van der Waals surface area contributed by atoms with Gasteiger partial charge in [0, 0.05) is 38.2 Å². The van der Waals surface area contributed by atoms with Gasteiger partial charge in [-0.05, 0) is 67.3 Å². The lowest BCUT2D eigenvalue weighted by molar-refractivity contribution is 0.0767. The van der Waals surface area contributed by atoms with Crippen molar-refractivity contribution in [2.24, 2.45) is 0 Å². The molecule has 0 N–H and O–H groups in total. The number of nitrogens with zero attached hydrogens (tertiary/aromatic N) is 6. The zero-order valence-corrected chi connectivity index (χ0v) is 23.4. The Labute approximate surface area is 239 Å². The third-order valence-electron chi connectivity index (χ3n) is 7.70. The predicted octanol–water partition coefficient (Wildman–Crippen LogP) is 5.77. The average Bonchev–Trinajstić information content (AvgIpc) is 3.16. The monoisotopic (exact) mass is 548 g/mol. The number of benzene rings is 3. The Morgan fingerprint density at radius 3 is 2.34 bits per heavy atom. The number of anilines is 1. The van der Waals surface area contributed by atoms with E-state index in [-0.39, 0.29) is 11.7 Å². The average molecular weight is 549 g/mol. The maximum atomic E-state index is 13.7. The summed E-state index contributed by atoms with van der Waals surface area (Å²) in [4.78, 5) is 27.6. The van der Waals surface area contributed by atoms with Crippen LogP contribution in [-0.2, 0) is 12.8 Å². The summed E-state index contributed by atoms with van der Waals surface area (Å²) < 4.78 is 15.5. The molecule has 0 unspecified atom stereocenters. The molecular weight excluding hydrogens is 515 g/mol. The van der Waals surface area contributed by atoms with E-state index in [0.29, 0.717) is 37.5 Å². The molecule has 1 aliphatic heterocycles. The molecule has 2 aromatic heterocycles. The van der Waals surface area contributed by atoms with Gasteiger partial charge in [-0.3, -0.25) is 4.79 Å². The van der Waals surface area contributed by atoms with Crippen LogP contribution in [0.4, 0.5) is 10.2 Å². The normalized spacial score (nSPS) is 13.9. The van der Waals surface area contributed by atoms with Gasteiger partial charge in [-0.2, -0.15) is 5.10 Å². The Balaban J connectivity index is 1.36. The first kappa shape index (κ1) is 26.6. The van der Waals surface area contributed by atoms with E-state index >= 15 is 0 Å². The molecule has 1 aliphatic rings. The minimum absolute atomic E-state index is 0.0624. The molecule has 0 saturated carbocycles. The highest BCUT2D eigenvalue weighted by Gasteiger charge is 2.25. The van der Waals surface area contributed by atoms with E-state index in [1.54, 1.807) is 16.8 Å². The van der Waals surface area contributed by atoms with Crippen LogP contribution in [0.15, 0.2) is 78.9 Å². The van der Waals surface area contributed by atoms with Crippen molar-refractivity contribution in [3.63, 3.8) is 0 Å². The van der Waals surface area contributed by atoms with Crippen LogP contribution in [0, 0.1) is 12.7 Å². The standard InChI is InChI=1S/C33H33FN6O/c1-3-24-10-12-26(13-11-24)33(41)39-19-7-18-38(20-21-39)31-30-23(2)37-40(28-16-14-27(34)15-17-28)32(30)36-29(35-31)22-25-8-5-4-6-9-25/h4-6,8-17H,3,7,18-22H2,1-2H3. The summed E-state index contributed by atoms with van der Waals surface area (Å²) >= 11 is 0. The van der Waals surface area contributed by atoms with Gasteiger partial charge >= 0.3 is 0 Å². The largest absolute Gasteiger partial charge is 0.354 e. The van der Waals surface area contributed by atoms with Crippen LogP contribution >= 0.6 is 0 Å². The minimum atomic E-state index is -0.299. The van der Waals surface area contributed by atoms with E-state index in [1.807, 2.05) is 54.3 Å². The molecule has 7 nitrogen and oxygen atoms in total. The third kappa shape index (κ3) is 5.55. The summed E-state index contributed by atoms with van der Waals surface area (Å²) in [6.45, 7) is 6.76. The van der Waals surface area contributed by atoms with Crippen molar-refractivity contribution in [2.45, 2.75) is 33.1 Å². The molecule has 1 saturated heterocycles. The first-order valence-electron chi connectivity index (χ1n) is 14.2. The van der Waals surface area contributed by atoms with Crippen molar-refractivity contribution in [1.82, 2.24) is 24.6 Å². The van der Waals surface area contributed by atoms with Crippen LogP contribution in [0.25, 0.3) is 16.7 Å². The lowest BCUT2D eigenvalue weighted by Gasteiger charge is -2.24. The Hall–Kier alpha value is -4.59. The van der Waals surface area contributed by atoms with E-state index in [9.17, 15) is 9.18 Å². The summed E-state index contributed by atoms with van der Waals surface area (Å²) in [5, 5.41) is 5.69. The fourth-order valence-electron chi connectivity index (χ4n) is 5.45. The molecule has 0 radical (unpaired) electrons. The zero-order chi connectivity index (χ0) is 28.3. The summed E-state index contributed by atoms with van der Waals surface area (Å²) in [6.07, 6.45) is 2.34. The van der Waals surface area contributed by atoms with Crippen LogP contribution in [-0.4, -0.2) is 56.7 Å². The van der Waals surface area contributed by atoms with Crippen molar-refractivity contribution >= 4 is 22.8 Å². The van der Waals surface area contributed by atoms with Crippen LogP contribution in [0.2, 0.25) is 0 Å². The van der Waals surface area contributed by atoms with Gasteiger partial charge in [0.2, 0.25) is 0 Å². The molecule has 0 bridgehead atoms. The third-order valence-corrected chi connectivity index (χ3v) is 7.70. The SMILES string of the molecule is CCc1ccc(C(=O)N2CCCN(c3nc(Cc4ccccc4)nc4c3c(C)nn4-c3ccc(F)cc3)CC2)cc1. The first-order valence-corrected chi connectivity index (χ1v) is 14.2. The van der Waals surface area contributed by atoms with Gasteiger partial charge in [-0.1, -0.05) is 49.4 Å². The van der Waals surface area contributed by atoms with E-state index in [1.165, 1.54) is 17.7 Å². The fourth-order valence-corrected chi connectivity index (χ4v) is 5.45. The molecular formula is C33H33FN6O. The second-order valence-corrected chi connectivity index (χ2v) is 10.5. The van der Waals surface area contributed by atoms with Gasteiger partial charge in [0.15, 0.2) is 5.65 Å². The molecule has 3 heterocycles. The molecule has 208 valence electrons. The summed E-state index contributed by atoms with van der Waals surface area (Å²) in [5.41, 5.74) is 5.29. The topological polar surface area (TPSA) is 67.2 Å². The van der Waals surface area contributed by atoms with Crippen molar-refractivity contribution in [2.75, 3.05) is 31.1 Å². The molecule has 0 atom stereocenters. The smallest absolute Gasteiger partial charge is 0.253 e.